The van der Waals surface area contributed by atoms with Gasteiger partial charge < -0.3 is 15.4 Å². The molecule has 2 aromatic rings. The van der Waals surface area contributed by atoms with Crippen molar-refractivity contribution in [2.75, 3.05) is 11.9 Å². The first-order chi connectivity index (χ1) is 14.4. The van der Waals surface area contributed by atoms with Gasteiger partial charge in [-0.1, -0.05) is 39.3 Å². The van der Waals surface area contributed by atoms with Crippen molar-refractivity contribution in [2.24, 2.45) is 5.92 Å². The first-order valence-electron chi connectivity index (χ1n) is 10.4. The Morgan fingerprint density at radius 2 is 1.50 bits per heavy atom. The fraction of sp³-hybridized carbons (Fsp3) is 0.375. The lowest BCUT2D eigenvalue weighted by Crippen LogP contribution is -2.47. The molecule has 6 nitrogen and oxygen atoms in total. The van der Waals surface area contributed by atoms with Crippen molar-refractivity contribution in [3.8, 4) is 0 Å². The molecule has 30 heavy (non-hydrogen) atoms. The number of hydrogen-bond donors (Lipinski definition) is 2. The van der Waals surface area contributed by atoms with Crippen molar-refractivity contribution in [3.63, 3.8) is 0 Å². The molecule has 2 rings (SSSR count). The van der Waals surface area contributed by atoms with Crippen LogP contribution in [0.25, 0.3) is 0 Å². The third-order valence-corrected chi connectivity index (χ3v) is 5.07. The summed E-state index contributed by atoms with van der Waals surface area (Å²) in [4.78, 5) is 37.3. The Bertz CT molecular complexity index is 860. The Balaban J connectivity index is 2.09. The van der Waals surface area contributed by atoms with Gasteiger partial charge in [0.2, 0.25) is 5.91 Å². The topological polar surface area (TPSA) is 84.5 Å². The van der Waals surface area contributed by atoms with Gasteiger partial charge in [0.1, 0.15) is 6.04 Å². The molecule has 2 atom stereocenters. The first-order valence-corrected chi connectivity index (χ1v) is 10.4. The molecular weight excluding hydrogens is 380 g/mol. The average molecular weight is 411 g/mol. The molecule has 0 radical (unpaired) electrons. The van der Waals surface area contributed by atoms with Gasteiger partial charge in [-0.15, -0.1) is 0 Å². The Morgan fingerprint density at radius 1 is 0.900 bits per heavy atom. The summed E-state index contributed by atoms with van der Waals surface area (Å²) < 4.78 is 4.96. The van der Waals surface area contributed by atoms with E-state index >= 15 is 0 Å². The van der Waals surface area contributed by atoms with E-state index in [-0.39, 0.29) is 17.7 Å². The average Bonchev–Trinajstić information content (AvgIpc) is 2.77. The van der Waals surface area contributed by atoms with Crippen LogP contribution in [0.1, 0.15) is 60.4 Å². The maximum atomic E-state index is 12.9. The minimum Gasteiger partial charge on any atom is -0.462 e. The van der Waals surface area contributed by atoms with Gasteiger partial charge in [-0.25, -0.2) is 4.79 Å². The Hall–Kier alpha value is -3.15. The summed E-state index contributed by atoms with van der Waals surface area (Å²) in [5.41, 5.74) is 2.63. The molecule has 0 fully saturated rings. The number of rotatable bonds is 9. The zero-order chi connectivity index (χ0) is 22.1. The molecule has 2 unspecified atom stereocenters. The quantitative estimate of drug-likeness (QED) is 0.607. The number of hydrogen-bond acceptors (Lipinski definition) is 4. The minimum absolute atomic E-state index is 0.0531. The number of aryl methyl sites for hydroxylation is 1. The predicted molar refractivity (Wildman–Crippen MR) is 118 cm³/mol. The normalized spacial score (nSPS) is 12.5. The number of carbonyl (C=O) groups is 3. The lowest BCUT2D eigenvalue weighted by Gasteiger charge is -2.23. The summed E-state index contributed by atoms with van der Waals surface area (Å²) in [5.74, 6) is -1.04. The molecule has 0 aliphatic rings. The van der Waals surface area contributed by atoms with E-state index in [1.54, 1.807) is 43.3 Å². The summed E-state index contributed by atoms with van der Waals surface area (Å²) in [7, 11) is 0. The lowest BCUT2D eigenvalue weighted by molar-refractivity contribution is -0.119. The van der Waals surface area contributed by atoms with E-state index in [4.69, 9.17) is 4.74 Å². The van der Waals surface area contributed by atoms with E-state index in [0.717, 1.165) is 18.4 Å². The number of esters is 1. The fourth-order valence-corrected chi connectivity index (χ4v) is 2.94. The number of anilines is 1. The molecule has 2 N–H and O–H groups in total. The Morgan fingerprint density at radius 3 is 2.03 bits per heavy atom. The second-order valence-corrected chi connectivity index (χ2v) is 7.17. The molecule has 0 saturated carbocycles. The van der Waals surface area contributed by atoms with Gasteiger partial charge in [0.25, 0.3) is 5.91 Å². The third kappa shape index (κ3) is 6.17. The molecule has 160 valence electrons. The molecule has 0 aliphatic carbocycles. The van der Waals surface area contributed by atoms with Crippen molar-refractivity contribution in [3.05, 3.63) is 65.2 Å². The van der Waals surface area contributed by atoms with Crippen LogP contribution in [0.15, 0.2) is 48.5 Å². The first kappa shape index (κ1) is 23.1. The van der Waals surface area contributed by atoms with Crippen LogP contribution in [0.2, 0.25) is 0 Å². The number of ether oxygens (including phenoxy) is 1. The summed E-state index contributed by atoms with van der Waals surface area (Å²) >= 11 is 0. The molecule has 0 heterocycles. The van der Waals surface area contributed by atoms with E-state index in [9.17, 15) is 14.4 Å². The van der Waals surface area contributed by atoms with E-state index in [1.807, 2.05) is 26.0 Å². The third-order valence-electron chi connectivity index (χ3n) is 5.07. The van der Waals surface area contributed by atoms with Gasteiger partial charge in [0.15, 0.2) is 0 Å². The van der Waals surface area contributed by atoms with Crippen LogP contribution in [0, 0.1) is 5.92 Å². The molecule has 2 amide bonds. The second kappa shape index (κ2) is 11.1. The lowest BCUT2D eigenvalue weighted by atomic mass is 9.97. The molecule has 6 heteroatoms. The minimum atomic E-state index is -0.682. The molecule has 2 aromatic carbocycles. The van der Waals surface area contributed by atoms with E-state index in [1.165, 1.54) is 0 Å². The Labute approximate surface area is 178 Å². The van der Waals surface area contributed by atoms with E-state index in [0.29, 0.717) is 23.4 Å². The van der Waals surface area contributed by atoms with Crippen molar-refractivity contribution in [1.29, 1.82) is 0 Å². The van der Waals surface area contributed by atoms with Crippen molar-refractivity contribution >= 4 is 23.5 Å². The smallest absolute Gasteiger partial charge is 0.338 e. The maximum Gasteiger partial charge on any atom is 0.338 e. The number of benzene rings is 2. The SMILES string of the molecule is CCOC(=O)c1ccc(NC(=O)C(NC(=O)c2ccc(CC)cc2)C(C)CC)cc1. The monoisotopic (exact) mass is 410 g/mol. The van der Waals surface area contributed by atoms with Crippen molar-refractivity contribution < 1.29 is 19.1 Å². The number of nitrogens with one attached hydrogen (secondary N) is 2. The van der Waals surface area contributed by atoms with Crippen LogP contribution in [-0.4, -0.2) is 30.4 Å². The summed E-state index contributed by atoms with van der Waals surface area (Å²) in [5, 5.41) is 5.69. The summed E-state index contributed by atoms with van der Waals surface area (Å²) in [6.45, 7) is 8.00. The maximum absolute atomic E-state index is 12.9. The summed E-state index contributed by atoms with van der Waals surface area (Å²) in [6, 6.07) is 13.2. The largest absolute Gasteiger partial charge is 0.462 e. The predicted octanol–water partition coefficient (Wildman–Crippen LogP) is 4.21. The standard InChI is InChI=1S/C24H30N2O4/c1-5-16(4)21(26-22(27)18-10-8-17(6-2)9-11-18)23(28)25-20-14-12-19(13-15-20)24(29)30-7-3/h8-16,21H,5-7H2,1-4H3,(H,25,28)(H,26,27). The second-order valence-electron chi connectivity index (χ2n) is 7.17. The van der Waals surface area contributed by atoms with Crippen LogP contribution in [0.4, 0.5) is 5.69 Å². The highest BCUT2D eigenvalue weighted by Gasteiger charge is 2.26. The zero-order valence-electron chi connectivity index (χ0n) is 18.0. The zero-order valence-corrected chi connectivity index (χ0v) is 18.0. The van der Waals surface area contributed by atoms with Crippen LogP contribution in [0.3, 0.4) is 0 Å². The van der Waals surface area contributed by atoms with Gasteiger partial charge in [0, 0.05) is 11.3 Å². The highest BCUT2D eigenvalue weighted by atomic mass is 16.5. The van der Waals surface area contributed by atoms with Crippen LogP contribution < -0.4 is 10.6 Å². The van der Waals surface area contributed by atoms with Crippen LogP contribution in [0.5, 0.6) is 0 Å². The molecule has 0 aromatic heterocycles. The van der Waals surface area contributed by atoms with Crippen LogP contribution in [-0.2, 0) is 16.0 Å². The van der Waals surface area contributed by atoms with E-state index in [2.05, 4.69) is 17.6 Å². The van der Waals surface area contributed by atoms with E-state index < -0.39 is 12.0 Å². The van der Waals surface area contributed by atoms with Crippen molar-refractivity contribution in [1.82, 2.24) is 5.32 Å². The van der Waals surface area contributed by atoms with Gasteiger partial charge in [0.05, 0.1) is 12.2 Å². The molecule has 0 aliphatic heterocycles. The molecule has 0 spiro atoms. The Kier molecular flexibility index (Phi) is 8.59. The van der Waals surface area contributed by atoms with Crippen molar-refractivity contribution in [2.45, 2.75) is 46.6 Å². The van der Waals surface area contributed by atoms with Gasteiger partial charge >= 0.3 is 5.97 Å². The highest BCUT2D eigenvalue weighted by Crippen LogP contribution is 2.15. The molecule has 0 bridgehead atoms. The van der Waals surface area contributed by atoms with Gasteiger partial charge in [-0.3, -0.25) is 9.59 Å². The van der Waals surface area contributed by atoms with Gasteiger partial charge in [-0.05, 0) is 61.2 Å². The number of amides is 2. The fourth-order valence-electron chi connectivity index (χ4n) is 2.94. The number of carbonyl (C=O) groups excluding carboxylic acids is 3. The highest BCUT2D eigenvalue weighted by molar-refractivity contribution is 6.01. The van der Waals surface area contributed by atoms with Gasteiger partial charge in [-0.2, -0.15) is 0 Å². The molecule has 0 saturated heterocycles. The van der Waals surface area contributed by atoms with Crippen LogP contribution >= 0.6 is 0 Å². The molecular formula is C24H30N2O4. The summed E-state index contributed by atoms with van der Waals surface area (Å²) in [6.07, 6.45) is 1.63.